The number of hydrogen-bond donors (Lipinski definition) is 1. The van der Waals surface area contributed by atoms with E-state index in [9.17, 15) is 4.79 Å². The van der Waals surface area contributed by atoms with Gasteiger partial charge >= 0.3 is 0 Å². The fourth-order valence-electron chi connectivity index (χ4n) is 0. The summed E-state index contributed by atoms with van der Waals surface area (Å²) >= 11 is 0. The van der Waals surface area contributed by atoms with Gasteiger partial charge in [-0.15, -0.1) is 0 Å². The van der Waals surface area contributed by atoms with Crippen LogP contribution >= 0.6 is 0 Å². The molecule has 0 amide bonds. The molecule has 3 nitrogen and oxygen atoms in total. The van der Waals surface area contributed by atoms with E-state index in [2.05, 4.69) is 5.16 Å². The number of Topliss-reactive ketones (excluding diaryl/α,β-unsaturated/α-hetero) is 1. The van der Waals surface area contributed by atoms with Gasteiger partial charge in [-0.1, -0.05) is 5.16 Å². The molecular weight excluding hydrogens is 118 g/mol. The first-order valence-corrected chi connectivity index (χ1v) is 2.63. The minimum atomic E-state index is 0.167. The van der Waals surface area contributed by atoms with Crippen molar-refractivity contribution in [3.8, 4) is 0 Å². The topological polar surface area (TPSA) is 49.7 Å². The fourth-order valence-corrected chi connectivity index (χ4v) is 0. The molecule has 0 aromatic rings. The van der Waals surface area contributed by atoms with Crippen molar-refractivity contribution in [3.63, 3.8) is 0 Å². The van der Waals surface area contributed by atoms with Crippen LogP contribution in [0.4, 0.5) is 0 Å². The molecule has 0 bridgehead atoms. The van der Waals surface area contributed by atoms with E-state index in [4.69, 9.17) is 5.21 Å². The Bertz CT molecular complexity index is 99.6. The number of oxime groups is 1. The van der Waals surface area contributed by atoms with Crippen LogP contribution in [0.25, 0.3) is 0 Å². The van der Waals surface area contributed by atoms with Crippen LogP contribution in [-0.4, -0.2) is 16.7 Å². The molecule has 3 heteroatoms. The third-order valence-electron chi connectivity index (χ3n) is 0.200. The Morgan fingerprint density at radius 1 is 1.22 bits per heavy atom. The van der Waals surface area contributed by atoms with Crippen molar-refractivity contribution in [1.29, 1.82) is 0 Å². The molecule has 0 saturated carbocycles. The molecule has 0 aliphatic carbocycles. The molecule has 0 aromatic heterocycles. The summed E-state index contributed by atoms with van der Waals surface area (Å²) in [6.07, 6.45) is 0. The molecule has 0 spiro atoms. The summed E-state index contributed by atoms with van der Waals surface area (Å²) in [4.78, 5) is 9.44. The van der Waals surface area contributed by atoms with Gasteiger partial charge in [-0.25, -0.2) is 0 Å². The lowest BCUT2D eigenvalue weighted by Crippen LogP contribution is -1.74. The number of ketones is 1. The average Bonchev–Trinajstić information content (AvgIpc) is 1.65. The van der Waals surface area contributed by atoms with Gasteiger partial charge in [-0.2, -0.15) is 0 Å². The van der Waals surface area contributed by atoms with Gasteiger partial charge in [0.25, 0.3) is 0 Å². The van der Waals surface area contributed by atoms with Crippen LogP contribution in [0.1, 0.15) is 27.7 Å². The van der Waals surface area contributed by atoms with Crippen LogP contribution in [0.5, 0.6) is 0 Å². The van der Waals surface area contributed by atoms with Gasteiger partial charge in [-0.3, -0.25) is 0 Å². The third kappa shape index (κ3) is 145. The molecule has 9 heavy (non-hydrogen) atoms. The normalized spacial score (nSPS) is 6.67. The molecule has 0 aliphatic rings. The number of hydrogen-bond acceptors (Lipinski definition) is 3. The van der Waals surface area contributed by atoms with E-state index in [1.54, 1.807) is 13.8 Å². The van der Waals surface area contributed by atoms with E-state index in [0.29, 0.717) is 5.71 Å². The second-order valence-electron chi connectivity index (χ2n) is 1.96. The van der Waals surface area contributed by atoms with E-state index in [1.807, 2.05) is 0 Å². The van der Waals surface area contributed by atoms with E-state index in [0.717, 1.165) is 0 Å². The molecule has 54 valence electrons. The van der Waals surface area contributed by atoms with Crippen molar-refractivity contribution in [1.82, 2.24) is 0 Å². The zero-order chi connectivity index (χ0) is 7.86. The highest BCUT2D eigenvalue weighted by atomic mass is 16.4. The predicted molar refractivity (Wildman–Crippen MR) is 36.9 cm³/mol. The molecular formula is C6H13NO2. The summed E-state index contributed by atoms with van der Waals surface area (Å²) in [5.74, 6) is 0.167. The Hall–Kier alpha value is -0.860. The highest BCUT2D eigenvalue weighted by molar-refractivity contribution is 5.78. The molecule has 0 unspecified atom stereocenters. The number of carbonyl (C=O) groups is 1. The minimum Gasteiger partial charge on any atom is -0.411 e. The Balaban J connectivity index is 0. The first kappa shape index (κ1) is 11.0. The molecule has 0 fully saturated rings. The summed E-state index contributed by atoms with van der Waals surface area (Å²) < 4.78 is 0. The van der Waals surface area contributed by atoms with Crippen molar-refractivity contribution in [3.05, 3.63) is 0 Å². The quantitative estimate of drug-likeness (QED) is 0.307. The Morgan fingerprint density at radius 2 is 1.33 bits per heavy atom. The van der Waals surface area contributed by atoms with Gasteiger partial charge in [0.2, 0.25) is 0 Å². The lowest BCUT2D eigenvalue weighted by molar-refractivity contribution is -0.114. The summed E-state index contributed by atoms with van der Waals surface area (Å²) in [6, 6.07) is 0. The van der Waals surface area contributed by atoms with Gasteiger partial charge < -0.3 is 10.0 Å². The second-order valence-corrected chi connectivity index (χ2v) is 1.96. The third-order valence-corrected chi connectivity index (χ3v) is 0.200. The van der Waals surface area contributed by atoms with Crippen LogP contribution in [0, 0.1) is 0 Å². The highest BCUT2D eigenvalue weighted by Crippen LogP contribution is 1.62. The smallest absolute Gasteiger partial charge is 0.126 e. The molecule has 0 rings (SSSR count). The first-order valence-electron chi connectivity index (χ1n) is 2.63. The summed E-state index contributed by atoms with van der Waals surface area (Å²) in [7, 11) is 0. The highest BCUT2D eigenvalue weighted by Gasteiger charge is 1.65. The van der Waals surface area contributed by atoms with E-state index < -0.39 is 0 Å². The second kappa shape index (κ2) is 7.14. The zero-order valence-electron chi connectivity index (χ0n) is 6.30. The van der Waals surface area contributed by atoms with Gasteiger partial charge in [0.15, 0.2) is 0 Å². The van der Waals surface area contributed by atoms with E-state index in [1.165, 1.54) is 13.8 Å². The molecule has 0 radical (unpaired) electrons. The largest absolute Gasteiger partial charge is 0.411 e. The van der Waals surface area contributed by atoms with Crippen molar-refractivity contribution >= 4 is 11.5 Å². The number of nitrogens with zero attached hydrogens (tertiary/aromatic N) is 1. The van der Waals surface area contributed by atoms with Crippen LogP contribution < -0.4 is 0 Å². The summed E-state index contributed by atoms with van der Waals surface area (Å²) in [5, 5.41) is 10.5. The van der Waals surface area contributed by atoms with E-state index in [-0.39, 0.29) is 5.78 Å². The first-order chi connectivity index (χ1) is 4.00. The summed E-state index contributed by atoms with van der Waals surface area (Å²) in [5.41, 5.74) is 0.685. The molecule has 0 aromatic carbocycles. The van der Waals surface area contributed by atoms with Gasteiger partial charge in [-0.05, 0) is 27.7 Å². The van der Waals surface area contributed by atoms with Gasteiger partial charge in [0, 0.05) is 0 Å². The van der Waals surface area contributed by atoms with Crippen LogP contribution in [0.15, 0.2) is 5.16 Å². The molecule has 0 saturated heterocycles. The van der Waals surface area contributed by atoms with Crippen LogP contribution in [0.2, 0.25) is 0 Å². The lowest BCUT2D eigenvalue weighted by atomic mass is 10.5. The van der Waals surface area contributed by atoms with Gasteiger partial charge in [0.1, 0.15) is 5.78 Å². The van der Waals surface area contributed by atoms with Crippen molar-refractivity contribution < 1.29 is 10.0 Å². The van der Waals surface area contributed by atoms with Crippen molar-refractivity contribution in [2.24, 2.45) is 5.16 Å². The Kier molecular flexibility index (Phi) is 8.73. The molecule has 0 aliphatic heterocycles. The fraction of sp³-hybridized carbons (Fsp3) is 0.667. The molecule has 1 N–H and O–H groups in total. The van der Waals surface area contributed by atoms with E-state index >= 15 is 0 Å². The van der Waals surface area contributed by atoms with Crippen LogP contribution in [-0.2, 0) is 4.79 Å². The monoisotopic (exact) mass is 131 g/mol. The Morgan fingerprint density at radius 3 is 1.33 bits per heavy atom. The van der Waals surface area contributed by atoms with Crippen molar-refractivity contribution in [2.45, 2.75) is 27.7 Å². The average molecular weight is 131 g/mol. The zero-order valence-corrected chi connectivity index (χ0v) is 6.30. The minimum absolute atomic E-state index is 0.167. The molecule has 0 atom stereocenters. The van der Waals surface area contributed by atoms with Crippen LogP contribution in [0.3, 0.4) is 0 Å². The standard InChI is InChI=1S/C3H7NO.C3H6O/c1-3(2)4-5;1-3(2)4/h5H,1-2H3;1-2H3. The molecule has 0 heterocycles. The summed E-state index contributed by atoms with van der Waals surface area (Å²) in [6.45, 7) is 6.50. The SMILES string of the molecule is CC(C)=NO.CC(C)=O. The van der Waals surface area contributed by atoms with Crippen molar-refractivity contribution in [2.75, 3.05) is 0 Å². The lowest BCUT2D eigenvalue weighted by Gasteiger charge is -1.72. The maximum atomic E-state index is 9.44. The van der Waals surface area contributed by atoms with Gasteiger partial charge in [0.05, 0.1) is 5.71 Å². The Labute approximate surface area is 55.4 Å². The predicted octanol–water partition coefficient (Wildman–Crippen LogP) is 1.45. The maximum Gasteiger partial charge on any atom is 0.126 e. The number of rotatable bonds is 0. The number of carbonyl (C=O) groups excluding carboxylic acids is 1. The maximum absolute atomic E-state index is 9.44.